The zero-order valence-corrected chi connectivity index (χ0v) is 10.5. The van der Waals surface area contributed by atoms with E-state index in [-0.39, 0.29) is 12.4 Å². The number of nitrogens with two attached hydrogens (primary N) is 1. The Hall–Kier alpha value is -1.10. The second-order valence-electron chi connectivity index (χ2n) is 4.06. The molecule has 2 aromatic rings. The Morgan fingerprint density at radius 1 is 1.29 bits per heavy atom. The van der Waals surface area contributed by atoms with E-state index in [0.717, 1.165) is 18.4 Å². The van der Waals surface area contributed by atoms with Gasteiger partial charge < -0.3 is 10.3 Å². The van der Waals surface area contributed by atoms with Crippen LogP contribution in [0.5, 0.6) is 0 Å². The molecule has 0 aliphatic heterocycles. The first-order chi connectivity index (χ1) is 7.69. The molecule has 0 radical (unpaired) electrons. The molecule has 17 heavy (non-hydrogen) atoms. The Morgan fingerprint density at radius 2 is 2.00 bits per heavy atom. The fourth-order valence-corrected chi connectivity index (χ4v) is 1.75. The van der Waals surface area contributed by atoms with Gasteiger partial charge in [-0.15, -0.1) is 12.4 Å². The van der Waals surface area contributed by atoms with Crippen molar-refractivity contribution < 1.29 is 4.52 Å². The first-order valence-electron chi connectivity index (χ1n) is 5.07. The average Bonchev–Trinajstić information content (AvgIpc) is 2.84. The SMILES string of the molecule is Cl.NC1(c2nc(-c3ccccc3Cl)no2)CC1. The minimum atomic E-state index is -0.396. The smallest absolute Gasteiger partial charge is 0.247 e. The van der Waals surface area contributed by atoms with Gasteiger partial charge in [0.15, 0.2) is 0 Å². The number of nitrogens with zero attached hydrogens (tertiary/aromatic N) is 2. The van der Waals surface area contributed by atoms with Crippen molar-refractivity contribution >= 4 is 24.0 Å². The summed E-state index contributed by atoms with van der Waals surface area (Å²) in [6, 6.07) is 7.39. The Morgan fingerprint density at radius 3 is 2.65 bits per heavy atom. The van der Waals surface area contributed by atoms with Gasteiger partial charge in [-0.1, -0.05) is 28.9 Å². The summed E-state index contributed by atoms with van der Waals surface area (Å²) in [5.74, 6) is 1.000. The van der Waals surface area contributed by atoms with Crippen LogP contribution in [0, 0.1) is 0 Å². The summed E-state index contributed by atoms with van der Waals surface area (Å²) >= 11 is 6.04. The Bertz CT molecular complexity index is 537. The third-order valence-corrected chi connectivity index (χ3v) is 3.08. The maximum absolute atomic E-state index is 6.04. The van der Waals surface area contributed by atoms with Gasteiger partial charge in [-0.3, -0.25) is 0 Å². The van der Waals surface area contributed by atoms with E-state index >= 15 is 0 Å². The monoisotopic (exact) mass is 271 g/mol. The maximum atomic E-state index is 6.04. The van der Waals surface area contributed by atoms with Crippen LogP contribution >= 0.6 is 24.0 Å². The molecule has 1 fully saturated rings. The van der Waals surface area contributed by atoms with Gasteiger partial charge in [0.05, 0.1) is 10.6 Å². The van der Waals surface area contributed by atoms with Crippen LogP contribution in [-0.2, 0) is 5.54 Å². The molecule has 0 saturated heterocycles. The molecule has 90 valence electrons. The van der Waals surface area contributed by atoms with Crippen molar-refractivity contribution in [3.63, 3.8) is 0 Å². The highest BCUT2D eigenvalue weighted by atomic mass is 35.5. The summed E-state index contributed by atoms with van der Waals surface area (Å²) in [6.07, 6.45) is 1.80. The van der Waals surface area contributed by atoms with E-state index in [2.05, 4.69) is 10.1 Å². The summed E-state index contributed by atoms with van der Waals surface area (Å²) in [7, 11) is 0. The van der Waals surface area contributed by atoms with E-state index in [1.54, 1.807) is 6.07 Å². The van der Waals surface area contributed by atoms with Gasteiger partial charge in [0.25, 0.3) is 0 Å². The lowest BCUT2D eigenvalue weighted by Crippen LogP contribution is -2.18. The minimum absolute atomic E-state index is 0. The predicted octanol–water partition coefficient (Wildman–Crippen LogP) is 2.76. The van der Waals surface area contributed by atoms with Crippen LogP contribution in [0.2, 0.25) is 5.02 Å². The molecule has 0 atom stereocenters. The minimum Gasteiger partial charge on any atom is -0.337 e. The highest BCUT2D eigenvalue weighted by Gasteiger charge is 2.45. The molecule has 4 nitrogen and oxygen atoms in total. The van der Waals surface area contributed by atoms with Crippen molar-refractivity contribution in [2.75, 3.05) is 0 Å². The summed E-state index contributed by atoms with van der Waals surface area (Å²) in [6.45, 7) is 0. The second kappa shape index (κ2) is 4.29. The summed E-state index contributed by atoms with van der Waals surface area (Å²) in [4.78, 5) is 4.29. The maximum Gasteiger partial charge on any atom is 0.247 e. The molecule has 2 N–H and O–H groups in total. The van der Waals surface area contributed by atoms with Crippen molar-refractivity contribution in [2.24, 2.45) is 5.73 Å². The van der Waals surface area contributed by atoms with E-state index in [4.69, 9.17) is 21.9 Å². The van der Waals surface area contributed by atoms with Crippen LogP contribution < -0.4 is 5.73 Å². The molecule has 1 aromatic heterocycles. The summed E-state index contributed by atoms with van der Waals surface area (Å²) in [5.41, 5.74) is 6.34. The molecule has 6 heteroatoms. The van der Waals surface area contributed by atoms with Crippen molar-refractivity contribution in [1.82, 2.24) is 10.1 Å². The van der Waals surface area contributed by atoms with Gasteiger partial charge in [-0.05, 0) is 25.0 Å². The van der Waals surface area contributed by atoms with Crippen molar-refractivity contribution in [3.05, 3.63) is 35.2 Å². The zero-order valence-electron chi connectivity index (χ0n) is 8.89. The lowest BCUT2D eigenvalue weighted by Gasteiger charge is -1.98. The fraction of sp³-hybridized carbons (Fsp3) is 0.273. The predicted molar refractivity (Wildman–Crippen MR) is 67.1 cm³/mol. The number of aromatic nitrogens is 2. The van der Waals surface area contributed by atoms with Gasteiger partial charge >= 0.3 is 0 Å². The molecule has 1 aromatic carbocycles. The number of hydrogen-bond donors (Lipinski definition) is 1. The number of rotatable bonds is 2. The highest BCUT2D eigenvalue weighted by molar-refractivity contribution is 6.33. The topological polar surface area (TPSA) is 64.9 Å². The summed E-state index contributed by atoms with van der Waals surface area (Å²) < 4.78 is 5.16. The number of hydrogen-bond acceptors (Lipinski definition) is 4. The van der Waals surface area contributed by atoms with E-state index in [1.165, 1.54) is 0 Å². The van der Waals surface area contributed by atoms with Gasteiger partial charge in [-0.25, -0.2) is 0 Å². The Kier molecular flexibility index (Phi) is 3.12. The molecular weight excluding hydrogens is 261 g/mol. The van der Waals surface area contributed by atoms with Gasteiger partial charge in [0.2, 0.25) is 11.7 Å². The first kappa shape index (κ1) is 12.4. The van der Waals surface area contributed by atoms with E-state index in [9.17, 15) is 0 Å². The number of halogens is 2. The lowest BCUT2D eigenvalue weighted by molar-refractivity contribution is 0.348. The average molecular weight is 272 g/mol. The van der Waals surface area contributed by atoms with Crippen LogP contribution in [0.15, 0.2) is 28.8 Å². The fourth-order valence-electron chi connectivity index (χ4n) is 1.53. The molecule has 0 bridgehead atoms. The Labute approximate surface area is 110 Å². The molecular formula is C11H11Cl2N3O. The number of benzene rings is 1. The van der Waals surface area contributed by atoms with Crippen LogP contribution in [0.3, 0.4) is 0 Å². The van der Waals surface area contributed by atoms with E-state index < -0.39 is 5.54 Å². The van der Waals surface area contributed by atoms with Crippen LogP contribution in [0.1, 0.15) is 18.7 Å². The Balaban J connectivity index is 0.00000108. The summed E-state index contributed by atoms with van der Waals surface area (Å²) in [5, 5.41) is 4.51. The first-order valence-corrected chi connectivity index (χ1v) is 5.45. The molecule has 3 rings (SSSR count). The van der Waals surface area contributed by atoms with Gasteiger partial charge in [0, 0.05) is 5.56 Å². The van der Waals surface area contributed by atoms with E-state index in [1.807, 2.05) is 18.2 Å². The van der Waals surface area contributed by atoms with Gasteiger partial charge in [0.1, 0.15) is 0 Å². The third kappa shape index (κ3) is 2.16. The molecule has 1 aliphatic rings. The lowest BCUT2D eigenvalue weighted by atomic mass is 10.2. The van der Waals surface area contributed by atoms with Crippen molar-refractivity contribution in [3.8, 4) is 11.4 Å². The molecule has 1 heterocycles. The van der Waals surface area contributed by atoms with Crippen molar-refractivity contribution in [2.45, 2.75) is 18.4 Å². The third-order valence-electron chi connectivity index (χ3n) is 2.76. The molecule has 0 spiro atoms. The van der Waals surface area contributed by atoms with Crippen molar-refractivity contribution in [1.29, 1.82) is 0 Å². The zero-order chi connectivity index (χ0) is 11.2. The molecule has 0 amide bonds. The van der Waals surface area contributed by atoms with Crippen LogP contribution in [0.25, 0.3) is 11.4 Å². The molecule has 1 aliphatic carbocycles. The van der Waals surface area contributed by atoms with Gasteiger partial charge in [-0.2, -0.15) is 4.98 Å². The highest BCUT2D eigenvalue weighted by Crippen LogP contribution is 2.42. The second-order valence-corrected chi connectivity index (χ2v) is 4.47. The molecule has 0 unspecified atom stereocenters. The molecule has 1 saturated carbocycles. The van der Waals surface area contributed by atoms with Crippen LogP contribution in [0.4, 0.5) is 0 Å². The quantitative estimate of drug-likeness (QED) is 0.912. The standard InChI is InChI=1S/C11H10ClN3O.ClH/c12-8-4-2-1-3-7(8)9-14-10(16-15-9)11(13)5-6-11;/h1-4H,5-6,13H2;1H. The normalized spacial score (nSPS) is 16.4. The van der Waals surface area contributed by atoms with E-state index in [0.29, 0.717) is 16.7 Å². The van der Waals surface area contributed by atoms with Crippen LogP contribution in [-0.4, -0.2) is 10.1 Å². The largest absolute Gasteiger partial charge is 0.337 e.